The van der Waals surface area contributed by atoms with Crippen LogP contribution in [0.1, 0.15) is 25.3 Å². The van der Waals surface area contributed by atoms with Crippen LogP contribution in [0.3, 0.4) is 0 Å². The first kappa shape index (κ1) is 26.1. The highest BCUT2D eigenvalue weighted by Gasteiger charge is 2.23. The van der Waals surface area contributed by atoms with Crippen LogP contribution in [-0.2, 0) is 26.3 Å². The van der Waals surface area contributed by atoms with Gasteiger partial charge < -0.3 is 14.8 Å². The lowest BCUT2D eigenvalue weighted by atomic mass is 10.2. The molecule has 0 spiro atoms. The van der Waals surface area contributed by atoms with E-state index in [0.29, 0.717) is 50.6 Å². The van der Waals surface area contributed by atoms with E-state index in [9.17, 15) is 13.2 Å². The molecule has 1 heterocycles. The molecule has 0 aliphatic carbocycles. The molecule has 2 aromatic rings. The number of morpholine rings is 1. The van der Waals surface area contributed by atoms with Crippen LogP contribution in [0, 0.1) is 0 Å². The predicted molar refractivity (Wildman–Crippen MR) is 131 cm³/mol. The second-order valence-corrected chi connectivity index (χ2v) is 9.62. The molecule has 0 bridgehead atoms. The standard InChI is InChI=1S/C24H34N4O5S/c1-2-7-23(24(29)25-12-13-28-14-16-32-17-15-28)27-34(30,31)26-19-20-8-6-11-22(18-20)33-21-9-4-3-5-10-21/h3-6,8-11,18,23,26-27H,2,7,12-17,19H2,1H3,(H,25,29). The number of hydrogen-bond donors (Lipinski definition) is 3. The largest absolute Gasteiger partial charge is 0.457 e. The smallest absolute Gasteiger partial charge is 0.277 e. The molecule has 1 aliphatic rings. The van der Waals surface area contributed by atoms with E-state index < -0.39 is 16.3 Å². The fourth-order valence-electron chi connectivity index (χ4n) is 3.57. The summed E-state index contributed by atoms with van der Waals surface area (Å²) in [5.74, 6) is 0.988. The van der Waals surface area contributed by atoms with Gasteiger partial charge in [0.2, 0.25) is 5.91 Å². The summed E-state index contributed by atoms with van der Waals surface area (Å²) < 4.78 is 41.4. The van der Waals surface area contributed by atoms with Crippen molar-refractivity contribution in [1.29, 1.82) is 0 Å². The molecule has 0 radical (unpaired) electrons. The van der Waals surface area contributed by atoms with Gasteiger partial charge in [-0.3, -0.25) is 9.69 Å². The van der Waals surface area contributed by atoms with E-state index in [1.165, 1.54) is 0 Å². The van der Waals surface area contributed by atoms with Crippen LogP contribution in [0.15, 0.2) is 54.6 Å². The van der Waals surface area contributed by atoms with Crippen molar-refractivity contribution >= 4 is 16.1 Å². The van der Waals surface area contributed by atoms with Crippen molar-refractivity contribution in [2.24, 2.45) is 0 Å². The molecule has 2 aromatic carbocycles. The van der Waals surface area contributed by atoms with Crippen molar-refractivity contribution in [3.8, 4) is 11.5 Å². The Balaban J connectivity index is 1.49. The molecule has 1 atom stereocenters. The topological polar surface area (TPSA) is 109 Å². The summed E-state index contributed by atoms with van der Waals surface area (Å²) in [5, 5.41) is 2.85. The summed E-state index contributed by atoms with van der Waals surface area (Å²) >= 11 is 0. The summed E-state index contributed by atoms with van der Waals surface area (Å²) in [7, 11) is -3.89. The maximum absolute atomic E-state index is 12.6. The van der Waals surface area contributed by atoms with E-state index in [1.807, 2.05) is 49.4 Å². The van der Waals surface area contributed by atoms with E-state index in [0.717, 1.165) is 18.7 Å². The van der Waals surface area contributed by atoms with Crippen molar-refractivity contribution in [2.45, 2.75) is 32.4 Å². The van der Waals surface area contributed by atoms with Crippen LogP contribution < -0.4 is 19.5 Å². The Labute approximate surface area is 202 Å². The van der Waals surface area contributed by atoms with Crippen LogP contribution in [-0.4, -0.2) is 64.7 Å². The lowest BCUT2D eigenvalue weighted by Crippen LogP contribution is -2.51. The molecule has 3 N–H and O–H groups in total. The monoisotopic (exact) mass is 490 g/mol. The number of para-hydroxylation sites is 1. The van der Waals surface area contributed by atoms with Gasteiger partial charge in [0.05, 0.1) is 13.2 Å². The van der Waals surface area contributed by atoms with Crippen LogP contribution in [0.4, 0.5) is 0 Å². The first-order valence-corrected chi connectivity index (χ1v) is 13.1. The molecule has 10 heteroatoms. The Hall–Kier alpha value is -2.50. The lowest BCUT2D eigenvalue weighted by molar-refractivity contribution is -0.123. The molecule has 1 amide bonds. The van der Waals surface area contributed by atoms with Crippen LogP contribution >= 0.6 is 0 Å². The van der Waals surface area contributed by atoms with E-state index in [-0.39, 0.29) is 12.5 Å². The number of carbonyl (C=O) groups is 1. The van der Waals surface area contributed by atoms with Gasteiger partial charge in [0.15, 0.2) is 0 Å². The van der Waals surface area contributed by atoms with Gasteiger partial charge in [-0.05, 0) is 36.2 Å². The molecular formula is C24H34N4O5S. The van der Waals surface area contributed by atoms with E-state index in [2.05, 4.69) is 19.7 Å². The minimum absolute atomic E-state index is 0.0683. The molecule has 0 aromatic heterocycles. The van der Waals surface area contributed by atoms with Gasteiger partial charge in [-0.25, -0.2) is 0 Å². The van der Waals surface area contributed by atoms with Crippen LogP contribution in [0.2, 0.25) is 0 Å². The number of rotatable bonds is 13. The number of amides is 1. The summed E-state index contributed by atoms with van der Waals surface area (Å²) in [4.78, 5) is 14.8. The second-order valence-electron chi connectivity index (χ2n) is 8.09. The van der Waals surface area contributed by atoms with Gasteiger partial charge in [0, 0.05) is 32.7 Å². The molecule has 34 heavy (non-hydrogen) atoms. The summed E-state index contributed by atoms with van der Waals surface area (Å²) in [6.07, 6.45) is 1.08. The first-order valence-electron chi connectivity index (χ1n) is 11.6. The van der Waals surface area contributed by atoms with Gasteiger partial charge in [0.25, 0.3) is 10.2 Å². The Morgan fingerprint density at radius 3 is 2.56 bits per heavy atom. The van der Waals surface area contributed by atoms with Gasteiger partial charge in [-0.2, -0.15) is 17.9 Å². The first-order chi connectivity index (χ1) is 16.4. The number of benzene rings is 2. The second kappa shape index (κ2) is 13.4. The highest BCUT2D eigenvalue weighted by atomic mass is 32.2. The third-order valence-electron chi connectivity index (χ3n) is 5.37. The lowest BCUT2D eigenvalue weighted by Gasteiger charge is -2.27. The van der Waals surface area contributed by atoms with Crippen LogP contribution in [0.5, 0.6) is 11.5 Å². The number of nitrogens with zero attached hydrogens (tertiary/aromatic N) is 1. The zero-order valence-corrected chi connectivity index (χ0v) is 20.4. The number of nitrogens with one attached hydrogen (secondary N) is 3. The minimum Gasteiger partial charge on any atom is -0.457 e. The molecule has 1 unspecified atom stereocenters. The quantitative estimate of drug-likeness (QED) is 0.396. The molecular weight excluding hydrogens is 456 g/mol. The fraction of sp³-hybridized carbons (Fsp3) is 0.458. The Kier molecular flexibility index (Phi) is 10.3. The van der Waals surface area contributed by atoms with Gasteiger partial charge in [0.1, 0.15) is 17.5 Å². The normalized spacial score (nSPS) is 15.6. The molecule has 3 rings (SSSR count). The third-order valence-corrected chi connectivity index (χ3v) is 6.49. The maximum atomic E-state index is 12.6. The fourth-order valence-corrected chi connectivity index (χ4v) is 4.61. The zero-order valence-electron chi connectivity index (χ0n) is 19.5. The molecule has 186 valence electrons. The van der Waals surface area contributed by atoms with Crippen molar-refractivity contribution < 1.29 is 22.7 Å². The molecule has 0 saturated carbocycles. The zero-order chi connectivity index (χ0) is 24.2. The number of ether oxygens (including phenoxy) is 2. The van der Waals surface area contributed by atoms with Crippen molar-refractivity contribution in [1.82, 2.24) is 19.7 Å². The average Bonchev–Trinajstić information content (AvgIpc) is 2.84. The maximum Gasteiger partial charge on any atom is 0.277 e. The minimum atomic E-state index is -3.89. The van der Waals surface area contributed by atoms with E-state index in [4.69, 9.17) is 9.47 Å². The van der Waals surface area contributed by atoms with Crippen molar-refractivity contribution in [3.05, 3.63) is 60.2 Å². The highest BCUT2D eigenvalue weighted by molar-refractivity contribution is 7.87. The number of hydrogen-bond acceptors (Lipinski definition) is 6. The average molecular weight is 491 g/mol. The van der Waals surface area contributed by atoms with Gasteiger partial charge >= 0.3 is 0 Å². The Bertz CT molecular complexity index is 997. The summed E-state index contributed by atoms with van der Waals surface area (Å²) in [6, 6.07) is 15.7. The van der Waals surface area contributed by atoms with Crippen LogP contribution in [0.25, 0.3) is 0 Å². The molecule has 9 nitrogen and oxygen atoms in total. The van der Waals surface area contributed by atoms with E-state index in [1.54, 1.807) is 12.1 Å². The number of carbonyl (C=O) groups excluding carboxylic acids is 1. The van der Waals surface area contributed by atoms with Crippen molar-refractivity contribution in [2.75, 3.05) is 39.4 Å². The summed E-state index contributed by atoms with van der Waals surface area (Å²) in [6.45, 7) is 6.21. The Morgan fingerprint density at radius 2 is 1.82 bits per heavy atom. The molecule has 1 saturated heterocycles. The SMILES string of the molecule is CCCC(NS(=O)(=O)NCc1cccc(Oc2ccccc2)c1)C(=O)NCCN1CCOCC1. The highest BCUT2D eigenvalue weighted by Crippen LogP contribution is 2.21. The molecule has 1 aliphatic heterocycles. The Morgan fingerprint density at radius 1 is 1.09 bits per heavy atom. The predicted octanol–water partition coefficient (Wildman–Crippen LogP) is 2.02. The van der Waals surface area contributed by atoms with Gasteiger partial charge in [-0.1, -0.05) is 43.7 Å². The van der Waals surface area contributed by atoms with E-state index >= 15 is 0 Å². The van der Waals surface area contributed by atoms with Crippen molar-refractivity contribution in [3.63, 3.8) is 0 Å². The molecule has 1 fully saturated rings. The summed E-state index contributed by atoms with van der Waals surface area (Å²) in [5.41, 5.74) is 0.737. The van der Waals surface area contributed by atoms with Gasteiger partial charge in [-0.15, -0.1) is 0 Å². The third kappa shape index (κ3) is 9.03.